The minimum atomic E-state index is -2.22. The summed E-state index contributed by atoms with van der Waals surface area (Å²) in [7, 11) is -0.598. The van der Waals surface area contributed by atoms with Crippen molar-refractivity contribution in [3.63, 3.8) is 0 Å². The number of esters is 1. The highest BCUT2D eigenvalue weighted by Gasteiger charge is 2.56. The topological polar surface area (TPSA) is 72.5 Å². The molecule has 0 bridgehead atoms. The Kier molecular flexibility index (Phi) is 7.13. The third-order valence-corrected chi connectivity index (χ3v) is 11.1. The largest absolute Gasteiger partial charge is 0.497 e. The zero-order valence-electron chi connectivity index (χ0n) is 20.8. The van der Waals surface area contributed by atoms with E-state index in [1.165, 1.54) is 6.92 Å². The van der Waals surface area contributed by atoms with Crippen molar-refractivity contribution in [3.8, 4) is 5.75 Å². The molecule has 2 aliphatic heterocycles. The fourth-order valence-corrected chi connectivity index (χ4v) is 5.20. The van der Waals surface area contributed by atoms with E-state index in [2.05, 4.69) is 33.9 Å². The quantitative estimate of drug-likeness (QED) is 0.448. The maximum atomic E-state index is 12.1. The third kappa shape index (κ3) is 5.36. The van der Waals surface area contributed by atoms with Gasteiger partial charge in [-0.05, 0) is 49.7 Å². The summed E-state index contributed by atoms with van der Waals surface area (Å²) in [5.74, 6) is -0.328. The van der Waals surface area contributed by atoms with Crippen molar-refractivity contribution in [3.05, 3.63) is 29.8 Å². The first-order valence-corrected chi connectivity index (χ1v) is 14.1. The Bertz CT molecular complexity index is 800. The number of rotatable bonds is 6. The predicted octanol–water partition coefficient (Wildman–Crippen LogP) is 4.61. The predicted molar refractivity (Wildman–Crippen MR) is 123 cm³/mol. The monoisotopic (exact) mass is 466 g/mol. The van der Waals surface area contributed by atoms with E-state index in [1.54, 1.807) is 7.11 Å². The average molecular weight is 467 g/mol. The van der Waals surface area contributed by atoms with Gasteiger partial charge in [-0.2, -0.15) is 0 Å². The number of hydrogen-bond acceptors (Lipinski definition) is 7. The minimum absolute atomic E-state index is 0.0250. The summed E-state index contributed by atoms with van der Waals surface area (Å²) in [5, 5.41) is -0.0250. The zero-order valence-corrected chi connectivity index (χ0v) is 21.8. The molecule has 7 nitrogen and oxygen atoms in total. The Labute approximate surface area is 192 Å². The Morgan fingerprint density at radius 2 is 1.75 bits per heavy atom. The molecule has 0 unspecified atom stereocenters. The fraction of sp³-hybridized carbons (Fsp3) is 0.708. The second kappa shape index (κ2) is 9.06. The van der Waals surface area contributed by atoms with Gasteiger partial charge in [0.15, 0.2) is 20.2 Å². The molecule has 2 aliphatic rings. The second-order valence-electron chi connectivity index (χ2n) is 10.6. The van der Waals surface area contributed by atoms with Gasteiger partial charge in [0.1, 0.15) is 30.2 Å². The van der Waals surface area contributed by atoms with Gasteiger partial charge in [-0.15, -0.1) is 0 Å². The number of hydrogen-bond donors (Lipinski definition) is 0. The Morgan fingerprint density at radius 1 is 1.12 bits per heavy atom. The van der Waals surface area contributed by atoms with Crippen LogP contribution >= 0.6 is 0 Å². The van der Waals surface area contributed by atoms with Gasteiger partial charge in [0.05, 0.1) is 13.7 Å². The van der Waals surface area contributed by atoms with Gasteiger partial charge in [0.25, 0.3) is 0 Å². The summed E-state index contributed by atoms with van der Waals surface area (Å²) in [6, 6.07) is 7.61. The molecule has 0 aliphatic carbocycles. The molecule has 1 aromatic rings. The summed E-state index contributed by atoms with van der Waals surface area (Å²) in [4.78, 5) is 12.1. The SMILES string of the molecule is COc1ccc([C@@H]2O[C@H]([C@H]3COC(C)(C)O3)[C@H](O[Si](C)(C)C(C)(C)C)[C@H]2OC(C)=O)cc1. The van der Waals surface area contributed by atoms with E-state index >= 15 is 0 Å². The van der Waals surface area contributed by atoms with E-state index < -0.39 is 38.5 Å². The highest BCUT2D eigenvalue weighted by atomic mass is 28.4. The van der Waals surface area contributed by atoms with Gasteiger partial charge in [-0.1, -0.05) is 32.9 Å². The molecule has 8 heteroatoms. The molecular weight excluding hydrogens is 428 g/mol. The van der Waals surface area contributed by atoms with Crippen LogP contribution in [0.25, 0.3) is 0 Å². The average Bonchev–Trinajstić information content (AvgIpc) is 3.20. The maximum Gasteiger partial charge on any atom is 0.303 e. The lowest BCUT2D eigenvalue weighted by Gasteiger charge is -2.41. The summed E-state index contributed by atoms with van der Waals surface area (Å²) >= 11 is 0. The molecule has 0 N–H and O–H groups in total. The number of methoxy groups -OCH3 is 1. The number of ether oxygens (including phenoxy) is 5. The fourth-order valence-electron chi connectivity index (χ4n) is 3.89. The molecule has 180 valence electrons. The van der Waals surface area contributed by atoms with Crippen molar-refractivity contribution in [1.29, 1.82) is 0 Å². The molecule has 2 fully saturated rings. The summed E-state index contributed by atoms with van der Waals surface area (Å²) in [5.41, 5.74) is 0.890. The molecule has 0 saturated carbocycles. The van der Waals surface area contributed by atoms with Crippen LogP contribution in [0.15, 0.2) is 24.3 Å². The van der Waals surface area contributed by atoms with Gasteiger partial charge < -0.3 is 28.1 Å². The van der Waals surface area contributed by atoms with E-state index in [0.717, 1.165) is 11.3 Å². The summed E-state index contributed by atoms with van der Waals surface area (Å²) < 4.78 is 36.5. The van der Waals surface area contributed by atoms with Gasteiger partial charge in [-0.3, -0.25) is 4.79 Å². The van der Waals surface area contributed by atoms with Crippen LogP contribution in [-0.2, 0) is 28.2 Å². The highest BCUT2D eigenvalue weighted by Crippen LogP contribution is 2.45. The van der Waals surface area contributed by atoms with Gasteiger partial charge in [0, 0.05) is 6.92 Å². The summed E-state index contributed by atoms with van der Waals surface area (Å²) in [6.45, 7) is 16.5. The van der Waals surface area contributed by atoms with E-state index in [4.69, 9.17) is 28.1 Å². The molecule has 32 heavy (non-hydrogen) atoms. The van der Waals surface area contributed by atoms with Crippen molar-refractivity contribution in [2.75, 3.05) is 13.7 Å². The number of benzene rings is 1. The van der Waals surface area contributed by atoms with E-state index in [0.29, 0.717) is 6.61 Å². The van der Waals surface area contributed by atoms with Crippen molar-refractivity contribution < 1.29 is 32.9 Å². The van der Waals surface area contributed by atoms with Crippen molar-refractivity contribution >= 4 is 14.3 Å². The lowest BCUT2D eigenvalue weighted by Crippen LogP contribution is -2.52. The van der Waals surface area contributed by atoms with Crippen LogP contribution < -0.4 is 4.74 Å². The summed E-state index contributed by atoms with van der Waals surface area (Å²) in [6.07, 6.45) is -2.35. The third-order valence-electron chi connectivity index (χ3n) is 6.63. The Balaban J connectivity index is 2.00. The first-order chi connectivity index (χ1) is 14.7. The normalized spacial score (nSPS) is 30.3. The molecule has 2 heterocycles. The Hall–Kier alpha value is -1.45. The first kappa shape index (κ1) is 25.2. The van der Waals surface area contributed by atoms with Crippen LogP contribution in [0.4, 0.5) is 0 Å². The van der Waals surface area contributed by atoms with E-state index in [9.17, 15) is 4.79 Å². The van der Waals surface area contributed by atoms with Crippen molar-refractivity contribution in [2.24, 2.45) is 0 Å². The molecule has 0 amide bonds. The molecule has 1 aromatic carbocycles. The van der Waals surface area contributed by atoms with E-state index in [-0.39, 0.29) is 17.1 Å². The lowest BCUT2D eigenvalue weighted by molar-refractivity contribution is -0.161. The first-order valence-electron chi connectivity index (χ1n) is 11.2. The molecule has 0 spiro atoms. The number of carbonyl (C=O) groups is 1. The van der Waals surface area contributed by atoms with Crippen LogP contribution in [0.3, 0.4) is 0 Å². The molecule has 0 radical (unpaired) electrons. The lowest BCUT2D eigenvalue weighted by atomic mass is 9.99. The smallest absolute Gasteiger partial charge is 0.303 e. The second-order valence-corrected chi connectivity index (χ2v) is 15.3. The van der Waals surface area contributed by atoms with Crippen LogP contribution in [0.1, 0.15) is 53.2 Å². The van der Waals surface area contributed by atoms with Gasteiger partial charge in [0.2, 0.25) is 0 Å². The standard InChI is InChI=1S/C24H38O7Si/c1-15(25)28-21-19(16-10-12-17(26-7)13-11-16)29-20(18-14-27-24(5,6)30-18)22(21)31-32(8,9)23(2,3)4/h10-13,18-22H,14H2,1-9H3/t18-,19+,20-,21+,22+/m1/s1. The zero-order chi connectivity index (χ0) is 23.9. The molecule has 2 saturated heterocycles. The van der Waals surface area contributed by atoms with Gasteiger partial charge >= 0.3 is 5.97 Å². The highest BCUT2D eigenvalue weighted by molar-refractivity contribution is 6.74. The van der Waals surface area contributed by atoms with Crippen LogP contribution in [-0.4, -0.2) is 58.2 Å². The van der Waals surface area contributed by atoms with Crippen molar-refractivity contribution in [1.82, 2.24) is 0 Å². The minimum Gasteiger partial charge on any atom is -0.497 e. The van der Waals surface area contributed by atoms with Crippen LogP contribution in [0, 0.1) is 0 Å². The Morgan fingerprint density at radius 3 is 2.22 bits per heavy atom. The van der Waals surface area contributed by atoms with Crippen molar-refractivity contribution in [2.45, 2.75) is 96.0 Å². The van der Waals surface area contributed by atoms with E-state index in [1.807, 2.05) is 38.1 Å². The molecule has 5 atom stereocenters. The molecule has 0 aromatic heterocycles. The number of carbonyl (C=O) groups excluding carboxylic acids is 1. The van der Waals surface area contributed by atoms with Crippen LogP contribution in [0.5, 0.6) is 5.75 Å². The van der Waals surface area contributed by atoms with Crippen LogP contribution in [0.2, 0.25) is 18.1 Å². The molecular formula is C24H38O7Si. The molecule has 3 rings (SSSR count). The van der Waals surface area contributed by atoms with Gasteiger partial charge in [-0.25, -0.2) is 0 Å². The maximum absolute atomic E-state index is 12.1.